The Kier molecular flexibility index (Phi) is 4.16. The second-order valence-electron chi connectivity index (χ2n) is 4.15. The molecule has 0 radical (unpaired) electrons. The van der Waals surface area contributed by atoms with E-state index in [1.807, 2.05) is 13.8 Å². The van der Waals surface area contributed by atoms with Crippen LogP contribution in [-0.2, 0) is 4.79 Å². The first-order valence-corrected chi connectivity index (χ1v) is 6.70. The van der Waals surface area contributed by atoms with Crippen LogP contribution >= 0.6 is 11.8 Å². The third-order valence-electron chi connectivity index (χ3n) is 2.28. The average molecular weight is 279 g/mol. The van der Waals surface area contributed by atoms with Crippen molar-refractivity contribution in [2.24, 2.45) is 0 Å². The van der Waals surface area contributed by atoms with Crippen molar-refractivity contribution in [2.45, 2.75) is 24.8 Å². The van der Waals surface area contributed by atoms with Crippen LogP contribution in [0.1, 0.15) is 25.7 Å². The number of carboxylic acids is 1. The van der Waals surface area contributed by atoms with Crippen molar-refractivity contribution in [1.29, 1.82) is 0 Å². The van der Waals surface area contributed by atoms with E-state index in [4.69, 9.17) is 9.63 Å². The lowest BCUT2D eigenvalue weighted by atomic mass is 10.2. The molecule has 7 heteroatoms. The smallest absolute Gasteiger partial charge is 0.313 e. The summed E-state index contributed by atoms with van der Waals surface area (Å²) in [5.74, 6) is 0.183. The number of pyridine rings is 1. The van der Waals surface area contributed by atoms with Gasteiger partial charge in [0.15, 0.2) is 0 Å². The molecule has 0 saturated heterocycles. The second kappa shape index (κ2) is 5.83. The van der Waals surface area contributed by atoms with Crippen molar-refractivity contribution >= 4 is 17.7 Å². The molecule has 2 aromatic rings. The van der Waals surface area contributed by atoms with E-state index in [1.165, 1.54) is 0 Å². The Balaban J connectivity index is 2.30. The monoisotopic (exact) mass is 279 g/mol. The highest BCUT2D eigenvalue weighted by Gasteiger charge is 2.15. The van der Waals surface area contributed by atoms with Crippen LogP contribution in [0, 0.1) is 0 Å². The third-order valence-corrected chi connectivity index (χ3v) is 3.27. The van der Waals surface area contributed by atoms with Gasteiger partial charge in [-0.15, -0.1) is 0 Å². The van der Waals surface area contributed by atoms with E-state index in [0.717, 1.165) is 11.8 Å². The lowest BCUT2D eigenvalue weighted by Gasteiger charge is -2.02. The van der Waals surface area contributed by atoms with Crippen LogP contribution in [0.15, 0.2) is 27.9 Å². The molecule has 0 spiro atoms. The number of rotatable bonds is 5. The van der Waals surface area contributed by atoms with Crippen LogP contribution in [-0.4, -0.2) is 32.0 Å². The molecule has 2 heterocycles. The molecular formula is C12H13N3O3S. The first-order valence-electron chi connectivity index (χ1n) is 5.71. The van der Waals surface area contributed by atoms with E-state index in [2.05, 4.69) is 15.1 Å². The fourth-order valence-electron chi connectivity index (χ4n) is 1.39. The van der Waals surface area contributed by atoms with Gasteiger partial charge in [-0.05, 0) is 12.1 Å². The highest BCUT2D eigenvalue weighted by atomic mass is 32.2. The molecule has 0 atom stereocenters. The Labute approximate surface area is 114 Å². The normalized spacial score (nSPS) is 10.9. The Morgan fingerprint density at radius 3 is 2.95 bits per heavy atom. The zero-order chi connectivity index (χ0) is 13.8. The first kappa shape index (κ1) is 13.5. The largest absolute Gasteiger partial charge is 0.481 e. The van der Waals surface area contributed by atoms with Crippen LogP contribution in [0.5, 0.6) is 0 Å². The third kappa shape index (κ3) is 3.31. The van der Waals surface area contributed by atoms with Gasteiger partial charge in [-0.25, -0.2) is 4.98 Å². The molecular weight excluding hydrogens is 266 g/mol. The summed E-state index contributed by atoms with van der Waals surface area (Å²) in [6, 6.07) is 3.55. The average Bonchev–Trinajstić information content (AvgIpc) is 2.86. The minimum Gasteiger partial charge on any atom is -0.481 e. The van der Waals surface area contributed by atoms with Gasteiger partial charge in [-0.1, -0.05) is 30.8 Å². The summed E-state index contributed by atoms with van der Waals surface area (Å²) in [6.07, 6.45) is 1.61. The zero-order valence-electron chi connectivity index (χ0n) is 10.5. The van der Waals surface area contributed by atoms with Crippen molar-refractivity contribution in [1.82, 2.24) is 15.1 Å². The van der Waals surface area contributed by atoms with Gasteiger partial charge in [0.25, 0.3) is 0 Å². The fourth-order valence-corrected chi connectivity index (χ4v) is 2.10. The predicted octanol–water partition coefficient (Wildman–Crippen LogP) is 2.43. The first-order chi connectivity index (χ1) is 9.08. The molecule has 1 N–H and O–H groups in total. The molecule has 6 nitrogen and oxygen atoms in total. The SMILES string of the molecule is CC(C)c1nc(-c2cccnc2SCC(=O)O)no1. The van der Waals surface area contributed by atoms with Crippen LogP contribution < -0.4 is 0 Å². The van der Waals surface area contributed by atoms with Gasteiger partial charge in [0.1, 0.15) is 5.03 Å². The van der Waals surface area contributed by atoms with Crippen molar-refractivity contribution in [3.8, 4) is 11.4 Å². The molecule has 19 heavy (non-hydrogen) atoms. The van der Waals surface area contributed by atoms with Crippen LogP contribution in [0.2, 0.25) is 0 Å². The molecule has 0 saturated carbocycles. The molecule has 0 fully saturated rings. The summed E-state index contributed by atoms with van der Waals surface area (Å²) in [4.78, 5) is 19.1. The Hall–Kier alpha value is -1.89. The Bertz CT molecular complexity index is 583. The number of aromatic nitrogens is 3. The van der Waals surface area contributed by atoms with Gasteiger partial charge < -0.3 is 9.63 Å². The van der Waals surface area contributed by atoms with E-state index in [1.54, 1.807) is 18.3 Å². The molecule has 2 aromatic heterocycles. The fraction of sp³-hybridized carbons (Fsp3) is 0.333. The molecule has 0 aliphatic heterocycles. The van der Waals surface area contributed by atoms with Crippen LogP contribution in [0.25, 0.3) is 11.4 Å². The zero-order valence-corrected chi connectivity index (χ0v) is 11.3. The van der Waals surface area contributed by atoms with Gasteiger partial charge >= 0.3 is 5.97 Å². The molecule has 0 aromatic carbocycles. The number of thioether (sulfide) groups is 1. The van der Waals surface area contributed by atoms with Crippen LogP contribution in [0.4, 0.5) is 0 Å². The van der Waals surface area contributed by atoms with Gasteiger partial charge in [0.05, 0.1) is 11.3 Å². The second-order valence-corrected chi connectivity index (χ2v) is 5.11. The molecule has 2 rings (SSSR count). The number of hydrogen-bond donors (Lipinski definition) is 1. The van der Waals surface area contributed by atoms with Crippen molar-refractivity contribution in [2.75, 3.05) is 5.75 Å². The maximum atomic E-state index is 10.6. The van der Waals surface area contributed by atoms with Crippen molar-refractivity contribution in [3.63, 3.8) is 0 Å². The summed E-state index contributed by atoms with van der Waals surface area (Å²) in [5.41, 5.74) is 0.685. The molecule has 100 valence electrons. The highest BCUT2D eigenvalue weighted by molar-refractivity contribution is 8.00. The van der Waals surface area contributed by atoms with Gasteiger partial charge in [0, 0.05) is 12.1 Å². The number of nitrogens with zero attached hydrogens (tertiary/aromatic N) is 3. The molecule has 0 unspecified atom stereocenters. The molecule has 0 aliphatic rings. The summed E-state index contributed by atoms with van der Waals surface area (Å²) in [7, 11) is 0. The highest BCUT2D eigenvalue weighted by Crippen LogP contribution is 2.28. The number of hydrogen-bond acceptors (Lipinski definition) is 6. The van der Waals surface area contributed by atoms with Gasteiger partial charge in [-0.3, -0.25) is 4.79 Å². The standard InChI is InChI=1S/C12H13N3O3S/c1-7(2)11-14-10(15-18-11)8-4-3-5-13-12(8)19-6-9(16)17/h3-5,7H,6H2,1-2H3,(H,16,17). The summed E-state index contributed by atoms with van der Waals surface area (Å²) < 4.78 is 5.15. The minimum atomic E-state index is -0.891. The lowest BCUT2D eigenvalue weighted by Crippen LogP contribution is -1.99. The summed E-state index contributed by atoms with van der Waals surface area (Å²) in [6.45, 7) is 3.92. The maximum Gasteiger partial charge on any atom is 0.313 e. The Morgan fingerprint density at radius 2 is 2.32 bits per heavy atom. The van der Waals surface area contributed by atoms with E-state index in [9.17, 15) is 4.79 Å². The molecule has 0 aliphatic carbocycles. The van der Waals surface area contributed by atoms with E-state index < -0.39 is 5.97 Å². The minimum absolute atomic E-state index is 0.0566. The Morgan fingerprint density at radius 1 is 1.53 bits per heavy atom. The van der Waals surface area contributed by atoms with E-state index in [0.29, 0.717) is 22.3 Å². The van der Waals surface area contributed by atoms with E-state index >= 15 is 0 Å². The van der Waals surface area contributed by atoms with Crippen molar-refractivity contribution < 1.29 is 14.4 Å². The number of carbonyl (C=O) groups is 1. The summed E-state index contributed by atoms with van der Waals surface area (Å²) >= 11 is 1.14. The van der Waals surface area contributed by atoms with Crippen molar-refractivity contribution in [3.05, 3.63) is 24.2 Å². The molecule has 0 bridgehead atoms. The van der Waals surface area contributed by atoms with Gasteiger partial charge in [0.2, 0.25) is 11.7 Å². The lowest BCUT2D eigenvalue weighted by molar-refractivity contribution is -0.133. The quantitative estimate of drug-likeness (QED) is 0.840. The number of aliphatic carboxylic acids is 1. The molecule has 0 amide bonds. The van der Waals surface area contributed by atoms with Gasteiger partial charge in [-0.2, -0.15) is 4.98 Å². The maximum absolute atomic E-state index is 10.6. The number of carboxylic acid groups (broad SMARTS) is 1. The van der Waals surface area contributed by atoms with Crippen LogP contribution in [0.3, 0.4) is 0 Å². The predicted molar refractivity (Wildman–Crippen MR) is 70.0 cm³/mol. The summed E-state index contributed by atoms with van der Waals surface area (Å²) in [5, 5.41) is 13.2. The topological polar surface area (TPSA) is 89.1 Å². The van der Waals surface area contributed by atoms with E-state index in [-0.39, 0.29) is 11.7 Å².